The summed E-state index contributed by atoms with van der Waals surface area (Å²) in [4.78, 5) is 38.1. The van der Waals surface area contributed by atoms with Crippen molar-refractivity contribution in [3.8, 4) is 0 Å². The van der Waals surface area contributed by atoms with Crippen molar-refractivity contribution < 1.29 is 19.5 Å². The molecule has 136 valence electrons. The molecule has 4 nitrogen and oxygen atoms in total. The quantitative estimate of drug-likeness (QED) is 0.738. The normalized spacial score (nSPS) is 13.4. The van der Waals surface area contributed by atoms with E-state index in [2.05, 4.69) is 0 Å². The number of rotatable bonds is 4. The minimum Gasteiger partial charge on any atom is -0.478 e. The largest absolute Gasteiger partial charge is 0.478 e. The van der Waals surface area contributed by atoms with E-state index in [1.165, 1.54) is 6.07 Å². The molecule has 4 heteroatoms. The Balaban J connectivity index is 1.94. The standard InChI is InChI=1S/C24H16O4/c25-22-18-12-6-7-13-19(18)23(26)21(15-8-2-1-3-9-15)20(22)14-16-10-4-5-11-17(16)24(27)28/h1-13H,14H2,(H,27,28). The third kappa shape index (κ3) is 2.95. The van der Waals surface area contributed by atoms with Crippen LogP contribution in [-0.4, -0.2) is 22.6 Å². The first-order valence-corrected chi connectivity index (χ1v) is 8.86. The minimum atomic E-state index is -1.06. The number of hydrogen-bond acceptors (Lipinski definition) is 3. The molecule has 28 heavy (non-hydrogen) atoms. The van der Waals surface area contributed by atoms with E-state index in [1.54, 1.807) is 54.6 Å². The highest BCUT2D eigenvalue weighted by molar-refractivity contribution is 6.40. The Bertz CT molecular complexity index is 1140. The van der Waals surface area contributed by atoms with Crippen molar-refractivity contribution in [2.45, 2.75) is 6.42 Å². The number of ketones is 2. The summed E-state index contributed by atoms with van der Waals surface area (Å²) in [5.74, 6) is -1.52. The van der Waals surface area contributed by atoms with E-state index >= 15 is 0 Å². The Morgan fingerprint density at radius 3 is 1.96 bits per heavy atom. The SMILES string of the molecule is O=C(O)c1ccccc1CC1=C(c2ccccc2)C(=O)c2ccccc2C1=O. The maximum absolute atomic E-state index is 13.3. The average Bonchev–Trinajstić information content (AvgIpc) is 2.73. The number of carbonyl (C=O) groups is 3. The molecule has 0 saturated heterocycles. The van der Waals surface area contributed by atoms with Crippen LogP contribution in [0.2, 0.25) is 0 Å². The molecular formula is C24H16O4. The lowest BCUT2D eigenvalue weighted by Gasteiger charge is -2.22. The van der Waals surface area contributed by atoms with Gasteiger partial charge in [-0.05, 0) is 17.2 Å². The van der Waals surface area contributed by atoms with Gasteiger partial charge in [-0.3, -0.25) is 9.59 Å². The van der Waals surface area contributed by atoms with Crippen LogP contribution in [0.25, 0.3) is 5.57 Å². The molecule has 0 amide bonds. The molecule has 3 aromatic rings. The molecule has 0 bridgehead atoms. The maximum atomic E-state index is 13.3. The topological polar surface area (TPSA) is 71.4 Å². The zero-order valence-electron chi connectivity index (χ0n) is 14.9. The number of allylic oxidation sites excluding steroid dienone is 2. The number of benzene rings is 3. The third-order valence-corrected chi connectivity index (χ3v) is 4.90. The predicted molar refractivity (Wildman–Crippen MR) is 106 cm³/mol. The lowest BCUT2D eigenvalue weighted by atomic mass is 9.79. The van der Waals surface area contributed by atoms with Crippen LogP contribution in [-0.2, 0) is 6.42 Å². The molecule has 0 aromatic heterocycles. The molecule has 0 spiro atoms. The highest BCUT2D eigenvalue weighted by atomic mass is 16.4. The first-order valence-electron chi connectivity index (χ1n) is 8.86. The molecular weight excluding hydrogens is 352 g/mol. The Morgan fingerprint density at radius 2 is 1.29 bits per heavy atom. The van der Waals surface area contributed by atoms with Crippen LogP contribution in [0.3, 0.4) is 0 Å². The van der Waals surface area contributed by atoms with E-state index in [4.69, 9.17) is 0 Å². The molecule has 1 aliphatic carbocycles. The second kappa shape index (κ2) is 7.08. The van der Waals surface area contributed by atoms with Crippen molar-refractivity contribution in [3.63, 3.8) is 0 Å². The fourth-order valence-corrected chi connectivity index (χ4v) is 3.58. The van der Waals surface area contributed by atoms with E-state index in [0.717, 1.165) is 0 Å². The van der Waals surface area contributed by atoms with Gasteiger partial charge in [0.05, 0.1) is 5.56 Å². The minimum absolute atomic E-state index is 0.0750. The molecule has 4 rings (SSSR count). The molecule has 0 heterocycles. The maximum Gasteiger partial charge on any atom is 0.335 e. The zero-order chi connectivity index (χ0) is 19.7. The number of carboxylic acid groups (broad SMARTS) is 1. The summed E-state index contributed by atoms with van der Waals surface area (Å²) in [5, 5.41) is 9.49. The number of Topliss-reactive ketones (excluding diaryl/α,β-unsaturated/α-hetero) is 2. The van der Waals surface area contributed by atoms with Gasteiger partial charge in [-0.1, -0.05) is 72.8 Å². The zero-order valence-corrected chi connectivity index (χ0v) is 14.9. The van der Waals surface area contributed by atoms with E-state index in [1.807, 2.05) is 18.2 Å². The van der Waals surface area contributed by atoms with Crippen LogP contribution >= 0.6 is 0 Å². The summed E-state index contributed by atoms with van der Waals surface area (Å²) in [5.41, 5.74) is 2.67. The lowest BCUT2D eigenvalue weighted by Crippen LogP contribution is -2.23. The van der Waals surface area contributed by atoms with Crippen molar-refractivity contribution >= 4 is 23.1 Å². The fourth-order valence-electron chi connectivity index (χ4n) is 3.58. The van der Waals surface area contributed by atoms with Crippen molar-refractivity contribution in [2.24, 2.45) is 0 Å². The van der Waals surface area contributed by atoms with Crippen molar-refractivity contribution in [2.75, 3.05) is 0 Å². The van der Waals surface area contributed by atoms with Crippen LogP contribution in [0, 0.1) is 0 Å². The lowest BCUT2D eigenvalue weighted by molar-refractivity contribution is 0.0695. The molecule has 1 aliphatic rings. The summed E-state index contributed by atoms with van der Waals surface area (Å²) in [6.45, 7) is 0. The van der Waals surface area contributed by atoms with Crippen molar-refractivity contribution in [1.82, 2.24) is 0 Å². The van der Waals surface area contributed by atoms with Crippen LogP contribution in [0.4, 0.5) is 0 Å². The van der Waals surface area contributed by atoms with Gasteiger partial charge in [0, 0.05) is 28.7 Å². The summed E-state index contributed by atoms with van der Waals surface area (Å²) < 4.78 is 0. The highest BCUT2D eigenvalue weighted by Crippen LogP contribution is 2.34. The van der Waals surface area contributed by atoms with Gasteiger partial charge in [0.1, 0.15) is 0 Å². The van der Waals surface area contributed by atoms with Gasteiger partial charge < -0.3 is 5.11 Å². The Labute approximate surface area is 161 Å². The summed E-state index contributed by atoms with van der Waals surface area (Å²) in [6.07, 6.45) is 0.0750. The second-order valence-corrected chi connectivity index (χ2v) is 6.56. The smallest absolute Gasteiger partial charge is 0.335 e. The Hall–Kier alpha value is -3.79. The van der Waals surface area contributed by atoms with Crippen molar-refractivity contribution in [3.05, 3.63) is 112 Å². The van der Waals surface area contributed by atoms with E-state index in [-0.39, 0.29) is 23.6 Å². The van der Waals surface area contributed by atoms with Gasteiger partial charge >= 0.3 is 5.97 Å². The van der Waals surface area contributed by atoms with Gasteiger partial charge in [-0.15, -0.1) is 0 Å². The molecule has 0 saturated carbocycles. The second-order valence-electron chi connectivity index (χ2n) is 6.56. The van der Waals surface area contributed by atoms with Crippen LogP contribution in [0.5, 0.6) is 0 Å². The van der Waals surface area contributed by atoms with Gasteiger partial charge in [-0.2, -0.15) is 0 Å². The number of carbonyl (C=O) groups excluding carboxylic acids is 2. The predicted octanol–water partition coefficient (Wildman–Crippen LogP) is 4.46. The highest BCUT2D eigenvalue weighted by Gasteiger charge is 2.33. The van der Waals surface area contributed by atoms with E-state index in [9.17, 15) is 19.5 Å². The Kier molecular flexibility index (Phi) is 4.45. The molecule has 3 aromatic carbocycles. The van der Waals surface area contributed by atoms with Gasteiger partial charge in [0.2, 0.25) is 0 Å². The van der Waals surface area contributed by atoms with E-state index in [0.29, 0.717) is 33.4 Å². The first kappa shape index (κ1) is 17.6. The van der Waals surface area contributed by atoms with Gasteiger partial charge in [-0.25, -0.2) is 4.79 Å². The first-order chi connectivity index (χ1) is 13.6. The van der Waals surface area contributed by atoms with Gasteiger partial charge in [0.25, 0.3) is 0 Å². The number of hydrogen-bond donors (Lipinski definition) is 1. The number of fused-ring (bicyclic) bond motifs is 1. The molecule has 0 fully saturated rings. The number of aromatic carboxylic acids is 1. The van der Waals surface area contributed by atoms with Crippen molar-refractivity contribution in [1.29, 1.82) is 0 Å². The third-order valence-electron chi connectivity index (χ3n) is 4.90. The summed E-state index contributed by atoms with van der Waals surface area (Å²) >= 11 is 0. The monoisotopic (exact) mass is 368 g/mol. The number of carboxylic acids is 1. The molecule has 0 atom stereocenters. The van der Waals surface area contributed by atoms with Crippen LogP contribution in [0.15, 0.2) is 84.4 Å². The molecule has 0 radical (unpaired) electrons. The summed E-state index contributed by atoms with van der Waals surface area (Å²) in [7, 11) is 0. The fraction of sp³-hybridized carbons (Fsp3) is 0.0417. The average molecular weight is 368 g/mol. The van der Waals surface area contributed by atoms with Crippen LogP contribution < -0.4 is 0 Å². The summed E-state index contributed by atoms with van der Waals surface area (Å²) in [6, 6.07) is 22.3. The Morgan fingerprint density at radius 1 is 0.714 bits per heavy atom. The van der Waals surface area contributed by atoms with Crippen LogP contribution in [0.1, 0.15) is 42.2 Å². The van der Waals surface area contributed by atoms with E-state index < -0.39 is 5.97 Å². The van der Waals surface area contributed by atoms with Gasteiger partial charge in [0.15, 0.2) is 11.6 Å². The molecule has 1 N–H and O–H groups in total. The molecule has 0 unspecified atom stereocenters. The molecule has 0 aliphatic heterocycles.